The summed E-state index contributed by atoms with van der Waals surface area (Å²) in [6, 6.07) is 6.63. The summed E-state index contributed by atoms with van der Waals surface area (Å²) in [5, 5.41) is 11.5. The van der Waals surface area contributed by atoms with Crippen LogP contribution in [0.15, 0.2) is 24.3 Å². The lowest BCUT2D eigenvalue weighted by Gasteiger charge is -2.17. The van der Waals surface area contributed by atoms with Gasteiger partial charge in [-0.25, -0.2) is 0 Å². The van der Waals surface area contributed by atoms with E-state index < -0.39 is 17.9 Å². The Morgan fingerprint density at radius 1 is 1.19 bits per heavy atom. The largest absolute Gasteiger partial charge is 0.497 e. The van der Waals surface area contributed by atoms with Gasteiger partial charge in [-0.2, -0.15) is 0 Å². The number of carbonyl (C=O) groups is 2. The van der Waals surface area contributed by atoms with Crippen molar-refractivity contribution in [3.8, 4) is 11.5 Å². The summed E-state index contributed by atoms with van der Waals surface area (Å²) in [5.41, 5.74) is 0. The van der Waals surface area contributed by atoms with Gasteiger partial charge >= 0.3 is 5.97 Å². The molecule has 1 rings (SSSR count). The van der Waals surface area contributed by atoms with E-state index in [4.69, 9.17) is 14.6 Å². The predicted molar refractivity (Wildman–Crippen MR) is 77.5 cm³/mol. The van der Waals surface area contributed by atoms with E-state index in [2.05, 4.69) is 5.32 Å². The van der Waals surface area contributed by atoms with Crippen LogP contribution in [-0.2, 0) is 9.59 Å². The molecule has 21 heavy (non-hydrogen) atoms. The first-order valence-corrected chi connectivity index (χ1v) is 6.73. The molecule has 0 heterocycles. The lowest BCUT2D eigenvalue weighted by atomic mass is 10.0. The van der Waals surface area contributed by atoms with Gasteiger partial charge in [0.15, 0.2) is 0 Å². The molecular weight excluding hydrogens is 274 g/mol. The first-order chi connectivity index (χ1) is 9.93. The smallest absolute Gasteiger partial charge is 0.308 e. The van der Waals surface area contributed by atoms with E-state index in [1.54, 1.807) is 45.2 Å². The number of hydrogen-bond acceptors (Lipinski definition) is 4. The van der Waals surface area contributed by atoms with Gasteiger partial charge in [-0.1, -0.05) is 0 Å². The fraction of sp³-hybridized carbons (Fsp3) is 0.467. The third kappa shape index (κ3) is 5.72. The number of benzene rings is 1. The third-order valence-corrected chi connectivity index (χ3v) is 3.19. The average molecular weight is 295 g/mol. The zero-order chi connectivity index (χ0) is 15.8. The maximum absolute atomic E-state index is 11.7. The monoisotopic (exact) mass is 295 g/mol. The molecule has 6 heteroatoms. The quantitative estimate of drug-likeness (QED) is 0.762. The minimum absolute atomic E-state index is 0.169. The maximum Gasteiger partial charge on any atom is 0.308 e. The van der Waals surface area contributed by atoms with Crippen LogP contribution in [0.2, 0.25) is 0 Å². The van der Waals surface area contributed by atoms with E-state index in [1.807, 2.05) is 0 Å². The normalized spacial score (nSPS) is 13.1. The molecule has 0 saturated carbocycles. The summed E-state index contributed by atoms with van der Waals surface area (Å²) in [5.74, 6) is -0.412. The van der Waals surface area contributed by atoms with Crippen LogP contribution in [-0.4, -0.2) is 36.7 Å². The van der Waals surface area contributed by atoms with Crippen LogP contribution >= 0.6 is 0 Å². The Balaban J connectivity index is 2.31. The molecule has 0 aliphatic heterocycles. The first kappa shape index (κ1) is 16.8. The number of carboxylic acids is 1. The highest BCUT2D eigenvalue weighted by atomic mass is 16.5. The van der Waals surface area contributed by atoms with E-state index >= 15 is 0 Å². The number of hydrogen-bond donors (Lipinski definition) is 2. The molecule has 0 spiro atoms. The molecule has 1 amide bonds. The average Bonchev–Trinajstić information content (AvgIpc) is 2.46. The molecule has 2 unspecified atom stereocenters. The predicted octanol–water partition coefficient (Wildman–Crippen LogP) is 1.69. The van der Waals surface area contributed by atoms with Gasteiger partial charge in [0.05, 0.1) is 26.1 Å². The molecule has 1 aromatic rings. The Kier molecular flexibility index (Phi) is 6.52. The van der Waals surface area contributed by atoms with Gasteiger partial charge in [-0.05, 0) is 38.1 Å². The zero-order valence-corrected chi connectivity index (χ0v) is 12.5. The van der Waals surface area contributed by atoms with Gasteiger partial charge in [-0.3, -0.25) is 9.59 Å². The Morgan fingerprint density at radius 2 is 1.76 bits per heavy atom. The highest BCUT2D eigenvalue weighted by Gasteiger charge is 2.20. The topological polar surface area (TPSA) is 84.9 Å². The summed E-state index contributed by atoms with van der Waals surface area (Å²) in [6.45, 7) is 3.45. The summed E-state index contributed by atoms with van der Waals surface area (Å²) in [4.78, 5) is 22.5. The maximum atomic E-state index is 11.7. The molecule has 2 N–H and O–H groups in total. The number of nitrogens with one attached hydrogen (secondary N) is 1. The van der Waals surface area contributed by atoms with E-state index in [1.165, 1.54) is 0 Å². The summed E-state index contributed by atoms with van der Waals surface area (Å²) in [7, 11) is 1.58. The van der Waals surface area contributed by atoms with Crippen LogP contribution in [0.5, 0.6) is 11.5 Å². The zero-order valence-electron chi connectivity index (χ0n) is 12.5. The van der Waals surface area contributed by atoms with Crippen molar-refractivity contribution in [2.24, 2.45) is 5.92 Å². The first-order valence-electron chi connectivity index (χ1n) is 6.73. The molecule has 0 fully saturated rings. The summed E-state index contributed by atoms with van der Waals surface area (Å²) in [6.07, 6.45) is 0.169. The molecule has 0 aliphatic carbocycles. The molecule has 0 radical (unpaired) electrons. The number of carboxylic acid groups (broad SMARTS) is 1. The second-order valence-electron chi connectivity index (χ2n) is 4.76. The standard InChI is InChI=1S/C15H21NO5/c1-10(15(18)19)11(2)16-14(17)8-9-21-13-6-4-12(20-3)5-7-13/h4-7,10-11H,8-9H2,1-3H3,(H,16,17)(H,18,19). The lowest BCUT2D eigenvalue weighted by molar-refractivity contribution is -0.142. The molecule has 1 aromatic carbocycles. The van der Waals surface area contributed by atoms with Crippen LogP contribution in [0.4, 0.5) is 0 Å². The van der Waals surface area contributed by atoms with Gasteiger partial charge in [0, 0.05) is 6.04 Å². The number of carbonyl (C=O) groups excluding carboxylic acids is 1. The highest BCUT2D eigenvalue weighted by Crippen LogP contribution is 2.17. The molecule has 0 aliphatic rings. The molecule has 6 nitrogen and oxygen atoms in total. The molecular formula is C15H21NO5. The molecule has 0 saturated heterocycles. The molecule has 116 valence electrons. The van der Waals surface area contributed by atoms with Crippen LogP contribution in [0.1, 0.15) is 20.3 Å². The Hall–Kier alpha value is -2.24. The van der Waals surface area contributed by atoms with Crippen LogP contribution in [0, 0.1) is 5.92 Å². The fourth-order valence-electron chi connectivity index (χ4n) is 1.60. The van der Waals surface area contributed by atoms with Crippen molar-refractivity contribution in [3.63, 3.8) is 0 Å². The fourth-order valence-corrected chi connectivity index (χ4v) is 1.60. The second-order valence-corrected chi connectivity index (χ2v) is 4.76. The number of ether oxygens (including phenoxy) is 2. The van der Waals surface area contributed by atoms with Gasteiger partial charge in [0.1, 0.15) is 11.5 Å². The van der Waals surface area contributed by atoms with E-state index in [-0.39, 0.29) is 18.9 Å². The van der Waals surface area contributed by atoms with Crippen molar-refractivity contribution in [1.82, 2.24) is 5.32 Å². The SMILES string of the molecule is COc1ccc(OCCC(=O)NC(C)C(C)C(=O)O)cc1. The number of amides is 1. The molecule has 2 atom stereocenters. The number of aliphatic carboxylic acids is 1. The van der Waals surface area contributed by atoms with Crippen molar-refractivity contribution >= 4 is 11.9 Å². The van der Waals surface area contributed by atoms with E-state index in [9.17, 15) is 9.59 Å². The van der Waals surface area contributed by atoms with Crippen molar-refractivity contribution < 1.29 is 24.2 Å². The number of rotatable bonds is 8. The van der Waals surface area contributed by atoms with Crippen LogP contribution < -0.4 is 14.8 Å². The Labute approximate surface area is 124 Å². The van der Waals surface area contributed by atoms with Crippen molar-refractivity contribution in [3.05, 3.63) is 24.3 Å². The summed E-state index contributed by atoms with van der Waals surface area (Å²) < 4.78 is 10.5. The lowest BCUT2D eigenvalue weighted by Crippen LogP contribution is -2.40. The van der Waals surface area contributed by atoms with Crippen molar-refractivity contribution in [2.75, 3.05) is 13.7 Å². The third-order valence-electron chi connectivity index (χ3n) is 3.19. The minimum Gasteiger partial charge on any atom is -0.497 e. The molecule has 0 bridgehead atoms. The van der Waals surface area contributed by atoms with Gasteiger partial charge in [-0.15, -0.1) is 0 Å². The number of methoxy groups -OCH3 is 1. The van der Waals surface area contributed by atoms with E-state index in [0.717, 1.165) is 5.75 Å². The Bertz CT molecular complexity index is 471. The van der Waals surface area contributed by atoms with Crippen molar-refractivity contribution in [1.29, 1.82) is 0 Å². The van der Waals surface area contributed by atoms with Gasteiger partial charge in [0.25, 0.3) is 0 Å². The second kappa shape index (κ2) is 8.14. The van der Waals surface area contributed by atoms with Crippen molar-refractivity contribution in [2.45, 2.75) is 26.3 Å². The molecule has 0 aromatic heterocycles. The van der Waals surface area contributed by atoms with Gasteiger partial charge in [0.2, 0.25) is 5.91 Å². The van der Waals surface area contributed by atoms with Crippen LogP contribution in [0.25, 0.3) is 0 Å². The highest BCUT2D eigenvalue weighted by molar-refractivity contribution is 5.78. The van der Waals surface area contributed by atoms with Crippen LogP contribution in [0.3, 0.4) is 0 Å². The van der Waals surface area contributed by atoms with Gasteiger partial charge < -0.3 is 19.9 Å². The van der Waals surface area contributed by atoms with E-state index in [0.29, 0.717) is 5.75 Å². The Morgan fingerprint density at radius 3 is 2.29 bits per heavy atom. The minimum atomic E-state index is -0.933. The summed E-state index contributed by atoms with van der Waals surface area (Å²) >= 11 is 0.